The van der Waals surface area contributed by atoms with Gasteiger partial charge >= 0.3 is 0 Å². The quantitative estimate of drug-likeness (QED) is 0.747. The van der Waals surface area contributed by atoms with Crippen LogP contribution in [-0.4, -0.2) is 12.6 Å². The summed E-state index contributed by atoms with van der Waals surface area (Å²) in [6.07, 6.45) is 0.0850. The van der Waals surface area contributed by atoms with Crippen molar-refractivity contribution in [1.29, 1.82) is 0 Å². The van der Waals surface area contributed by atoms with E-state index in [0.717, 1.165) is 0 Å². The van der Waals surface area contributed by atoms with E-state index < -0.39 is 0 Å². The molecule has 1 aromatic carbocycles. The molecular weight excluding hydrogens is 199 g/mol. The lowest BCUT2D eigenvalue weighted by molar-refractivity contribution is -0.116. The first-order chi connectivity index (χ1) is 7.18. The molecule has 3 nitrogen and oxygen atoms in total. The molecule has 0 bridgehead atoms. The molecule has 2 rings (SSSR count). The van der Waals surface area contributed by atoms with E-state index in [2.05, 4.69) is 0 Å². The van der Waals surface area contributed by atoms with Gasteiger partial charge in [-0.2, -0.15) is 0 Å². The number of Topliss-reactive ketones (excluding diaryl/α,β-unsaturated/α-hetero) is 1. The molecule has 1 aromatic rings. The summed E-state index contributed by atoms with van der Waals surface area (Å²) in [7, 11) is 0. The van der Waals surface area contributed by atoms with Crippen LogP contribution in [0.1, 0.15) is 18.1 Å². The second-order valence-electron chi connectivity index (χ2n) is 3.49. The number of carbonyl (C=O) groups excluding carboxylic acids is 1. The molecule has 0 aromatic heterocycles. The van der Waals surface area contributed by atoms with Crippen molar-refractivity contribution in [2.75, 3.05) is 6.79 Å². The molecule has 0 atom stereocenters. The van der Waals surface area contributed by atoms with Crippen LogP contribution in [0, 0.1) is 5.82 Å². The maximum Gasteiger partial charge on any atom is 0.189 e. The van der Waals surface area contributed by atoms with Gasteiger partial charge in [0.25, 0.3) is 0 Å². The van der Waals surface area contributed by atoms with Crippen LogP contribution < -0.4 is 4.74 Å². The molecule has 1 heterocycles. The molecule has 0 spiro atoms. The van der Waals surface area contributed by atoms with Crippen molar-refractivity contribution in [3.63, 3.8) is 0 Å². The summed E-state index contributed by atoms with van der Waals surface area (Å²) in [5, 5.41) is 0. The Morgan fingerprint density at radius 1 is 1.53 bits per heavy atom. The lowest BCUT2D eigenvalue weighted by Crippen LogP contribution is -2.15. The molecule has 0 aliphatic carbocycles. The number of hydrogen-bond acceptors (Lipinski definition) is 3. The lowest BCUT2D eigenvalue weighted by Gasteiger charge is -2.20. The van der Waals surface area contributed by atoms with Crippen LogP contribution in [0.4, 0.5) is 4.39 Å². The highest BCUT2D eigenvalue weighted by Crippen LogP contribution is 2.29. The van der Waals surface area contributed by atoms with Gasteiger partial charge < -0.3 is 9.47 Å². The van der Waals surface area contributed by atoms with Gasteiger partial charge in [0, 0.05) is 17.5 Å². The minimum Gasteiger partial charge on any atom is -0.467 e. The van der Waals surface area contributed by atoms with E-state index in [4.69, 9.17) is 9.47 Å². The van der Waals surface area contributed by atoms with E-state index in [1.54, 1.807) is 6.07 Å². The van der Waals surface area contributed by atoms with E-state index in [1.165, 1.54) is 13.0 Å². The first kappa shape index (κ1) is 10.1. The molecule has 1 aliphatic heterocycles. The minimum atomic E-state index is -0.377. The normalized spacial score (nSPS) is 14.3. The number of ketones is 1. The highest BCUT2D eigenvalue weighted by Gasteiger charge is 2.18. The SMILES string of the molecule is CC(=O)Cc1c(F)ccc2c1COCO2. The Morgan fingerprint density at radius 2 is 2.33 bits per heavy atom. The third-order valence-electron chi connectivity index (χ3n) is 2.30. The first-order valence-corrected chi connectivity index (χ1v) is 4.68. The summed E-state index contributed by atoms with van der Waals surface area (Å²) in [5.41, 5.74) is 1.04. The van der Waals surface area contributed by atoms with E-state index in [1.807, 2.05) is 0 Å². The van der Waals surface area contributed by atoms with Crippen LogP contribution >= 0.6 is 0 Å². The lowest BCUT2D eigenvalue weighted by atomic mass is 10.0. The highest BCUT2D eigenvalue weighted by molar-refractivity contribution is 5.78. The van der Waals surface area contributed by atoms with Gasteiger partial charge in [0.15, 0.2) is 6.79 Å². The van der Waals surface area contributed by atoms with Crippen LogP contribution in [0.5, 0.6) is 5.75 Å². The predicted molar refractivity (Wildman–Crippen MR) is 51.1 cm³/mol. The summed E-state index contributed by atoms with van der Waals surface area (Å²) in [4.78, 5) is 11.0. The number of benzene rings is 1. The van der Waals surface area contributed by atoms with Gasteiger partial charge in [-0.1, -0.05) is 0 Å². The fourth-order valence-corrected chi connectivity index (χ4v) is 1.63. The summed E-state index contributed by atoms with van der Waals surface area (Å²) in [6.45, 7) is 1.91. The van der Waals surface area contributed by atoms with Crippen molar-refractivity contribution in [2.45, 2.75) is 20.0 Å². The van der Waals surface area contributed by atoms with Gasteiger partial charge in [0.05, 0.1) is 6.61 Å². The van der Waals surface area contributed by atoms with Crippen molar-refractivity contribution in [3.05, 3.63) is 29.1 Å². The van der Waals surface area contributed by atoms with E-state index in [-0.39, 0.29) is 24.8 Å². The van der Waals surface area contributed by atoms with Gasteiger partial charge in [-0.25, -0.2) is 4.39 Å². The second-order valence-corrected chi connectivity index (χ2v) is 3.49. The zero-order chi connectivity index (χ0) is 10.8. The van der Waals surface area contributed by atoms with Crippen LogP contribution in [0.25, 0.3) is 0 Å². The molecule has 80 valence electrons. The molecule has 0 fully saturated rings. The third kappa shape index (κ3) is 1.99. The molecule has 15 heavy (non-hydrogen) atoms. The van der Waals surface area contributed by atoms with Crippen LogP contribution in [0.2, 0.25) is 0 Å². The maximum absolute atomic E-state index is 13.5. The molecule has 0 radical (unpaired) electrons. The standard InChI is InChI=1S/C11H11FO3/c1-7(13)4-8-9-5-14-6-15-11(9)3-2-10(8)12/h2-3H,4-6H2,1H3. The van der Waals surface area contributed by atoms with E-state index >= 15 is 0 Å². The zero-order valence-electron chi connectivity index (χ0n) is 8.38. The van der Waals surface area contributed by atoms with Gasteiger partial charge in [-0.05, 0) is 19.1 Å². The molecule has 4 heteroatoms. The van der Waals surface area contributed by atoms with Crippen LogP contribution in [0.3, 0.4) is 0 Å². The second kappa shape index (κ2) is 3.98. The van der Waals surface area contributed by atoms with Crippen LogP contribution in [-0.2, 0) is 22.6 Å². The number of fused-ring (bicyclic) bond motifs is 1. The Balaban J connectivity index is 2.45. The molecule has 0 saturated heterocycles. The van der Waals surface area contributed by atoms with Crippen molar-refractivity contribution >= 4 is 5.78 Å². The molecule has 0 amide bonds. The number of carbonyl (C=O) groups is 1. The summed E-state index contributed by atoms with van der Waals surface area (Å²) >= 11 is 0. The maximum atomic E-state index is 13.5. The largest absolute Gasteiger partial charge is 0.467 e. The number of rotatable bonds is 2. The predicted octanol–water partition coefficient (Wildman–Crippen LogP) is 1.82. The Hall–Kier alpha value is -1.42. The average molecular weight is 210 g/mol. The molecule has 0 N–H and O–H groups in total. The molecule has 0 unspecified atom stereocenters. The van der Waals surface area contributed by atoms with Gasteiger partial charge in [-0.15, -0.1) is 0 Å². The van der Waals surface area contributed by atoms with Crippen molar-refractivity contribution in [2.24, 2.45) is 0 Å². The Morgan fingerprint density at radius 3 is 3.07 bits per heavy atom. The fourth-order valence-electron chi connectivity index (χ4n) is 1.63. The Kier molecular flexibility index (Phi) is 2.68. The van der Waals surface area contributed by atoms with E-state index in [9.17, 15) is 9.18 Å². The van der Waals surface area contributed by atoms with Crippen LogP contribution in [0.15, 0.2) is 12.1 Å². The number of ether oxygens (including phenoxy) is 2. The van der Waals surface area contributed by atoms with Gasteiger partial charge in [-0.3, -0.25) is 4.79 Å². The minimum absolute atomic E-state index is 0.0760. The molecule has 1 aliphatic rings. The summed E-state index contributed by atoms with van der Waals surface area (Å²) < 4.78 is 23.7. The van der Waals surface area contributed by atoms with Crippen molar-refractivity contribution in [1.82, 2.24) is 0 Å². The Labute approximate surface area is 86.8 Å². The average Bonchev–Trinajstić information content (AvgIpc) is 2.22. The smallest absolute Gasteiger partial charge is 0.189 e. The van der Waals surface area contributed by atoms with Crippen molar-refractivity contribution < 1.29 is 18.7 Å². The number of hydrogen-bond donors (Lipinski definition) is 0. The summed E-state index contributed by atoms with van der Waals surface area (Å²) in [6, 6.07) is 2.89. The fraction of sp³-hybridized carbons (Fsp3) is 0.364. The van der Waals surface area contributed by atoms with E-state index in [0.29, 0.717) is 23.5 Å². The van der Waals surface area contributed by atoms with Gasteiger partial charge in [0.2, 0.25) is 0 Å². The van der Waals surface area contributed by atoms with Crippen molar-refractivity contribution in [3.8, 4) is 5.75 Å². The highest BCUT2D eigenvalue weighted by atomic mass is 19.1. The Bertz CT molecular complexity index is 401. The van der Waals surface area contributed by atoms with Gasteiger partial charge in [0.1, 0.15) is 17.3 Å². The molecule has 0 saturated carbocycles. The summed E-state index contributed by atoms with van der Waals surface area (Å²) in [5.74, 6) is 0.157. The zero-order valence-corrected chi connectivity index (χ0v) is 8.38. The topological polar surface area (TPSA) is 35.5 Å². The first-order valence-electron chi connectivity index (χ1n) is 4.68. The monoisotopic (exact) mass is 210 g/mol. The third-order valence-corrected chi connectivity index (χ3v) is 2.30. The number of halogens is 1. The molecular formula is C11H11FO3.